The lowest BCUT2D eigenvalue weighted by Gasteiger charge is -2.49. The number of nitrogen functional groups attached to an aromatic ring is 1. The van der Waals surface area contributed by atoms with Gasteiger partial charge in [-0.05, 0) is 0 Å². The molecule has 28 heavy (non-hydrogen) atoms. The smallest absolute Gasteiger partial charge is 0.353 e. The molecular weight excluding hydrogens is 430 g/mol. The number of amides is 2. The normalized spacial score (nSPS) is 22.0. The predicted molar refractivity (Wildman–Crippen MR) is 104 cm³/mol. The third-order valence-corrected chi connectivity index (χ3v) is 7.03. The van der Waals surface area contributed by atoms with E-state index in [1.807, 2.05) is 0 Å². The van der Waals surface area contributed by atoms with Gasteiger partial charge >= 0.3 is 5.97 Å². The zero-order valence-corrected chi connectivity index (χ0v) is 16.8. The van der Waals surface area contributed by atoms with Crippen LogP contribution in [-0.4, -0.2) is 73.9 Å². The van der Waals surface area contributed by atoms with Gasteiger partial charge in [-0.25, -0.2) is 9.78 Å². The molecule has 0 saturated carbocycles. The highest BCUT2D eigenvalue weighted by Crippen LogP contribution is 2.43. The number of carboxylic acid groups (broad SMARTS) is 1. The van der Waals surface area contributed by atoms with Gasteiger partial charge in [0.2, 0.25) is 0 Å². The number of thioether (sulfide) groups is 2. The molecule has 5 N–H and O–H groups in total. The lowest BCUT2D eigenvalue weighted by Crippen LogP contribution is -2.71. The van der Waals surface area contributed by atoms with Crippen LogP contribution in [0.25, 0.3) is 0 Å². The second-order valence-electron chi connectivity index (χ2n) is 5.51. The summed E-state index contributed by atoms with van der Waals surface area (Å²) in [5, 5.41) is 25.1. The standard InChI is InChI=1S/C14H15N5O6S3/c1-25-4-28-6-3-26-12-8(11(21)19(12)9(6)13(22)23)17-10(20)7(18-24)5-2-27-14(15)16-5/h2,8,12,24H,3-4H2,1H3,(H2,15,16)(H,17,20)(H,22,23)/t8-,12-/m1/s1. The van der Waals surface area contributed by atoms with Gasteiger partial charge in [-0.15, -0.1) is 23.1 Å². The first-order valence-electron chi connectivity index (χ1n) is 7.66. The first kappa shape index (κ1) is 20.4. The number of fused-ring (bicyclic) bond motifs is 1. The monoisotopic (exact) mass is 445 g/mol. The van der Waals surface area contributed by atoms with Crippen molar-refractivity contribution in [3.05, 3.63) is 21.7 Å². The van der Waals surface area contributed by atoms with Crippen LogP contribution in [0.2, 0.25) is 0 Å². The van der Waals surface area contributed by atoms with E-state index in [4.69, 9.17) is 15.7 Å². The molecule has 3 rings (SSSR count). The number of nitrogens with one attached hydrogen (secondary N) is 1. The average Bonchev–Trinajstić information content (AvgIpc) is 3.09. The Morgan fingerprint density at radius 1 is 1.57 bits per heavy atom. The van der Waals surface area contributed by atoms with E-state index in [2.05, 4.69) is 15.5 Å². The number of carboxylic acids is 1. The Labute approximate surface area is 171 Å². The maximum atomic E-state index is 12.5. The van der Waals surface area contributed by atoms with Gasteiger partial charge in [0, 0.05) is 23.1 Å². The van der Waals surface area contributed by atoms with Crippen LogP contribution in [0.3, 0.4) is 0 Å². The van der Waals surface area contributed by atoms with Gasteiger partial charge < -0.3 is 26.1 Å². The largest absolute Gasteiger partial charge is 0.477 e. The molecule has 2 aliphatic rings. The van der Waals surface area contributed by atoms with Gasteiger partial charge in [-0.1, -0.05) is 16.9 Å². The second kappa shape index (κ2) is 8.38. The average molecular weight is 446 g/mol. The Morgan fingerprint density at radius 3 is 2.89 bits per heavy atom. The number of anilines is 1. The maximum Gasteiger partial charge on any atom is 0.353 e. The van der Waals surface area contributed by atoms with Crippen LogP contribution in [0, 0.1) is 0 Å². The van der Waals surface area contributed by atoms with Gasteiger partial charge in [-0.2, -0.15) is 0 Å². The fourth-order valence-electron chi connectivity index (χ4n) is 2.65. The van der Waals surface area contributed by atoms with Gasteiger partial charge in [0.25, 0.3) is 11.8 Å². The minimum absolute atomic E-state index is 0.0757. The number of carbonyl (C=O) groups is 3. The predicted octanol–water partition coefficient (Wildman–Crippen LogP) is -0.0632. The van der Waals surface area contributed by atoms with E-state index in [-0.39, 0.29) is 28.2 Å². The molecule has 1 saturated heterocycles. The quantitative estimate of drug-likeness (QED) is 0.147. The van der Waals surface area contributed by atoms with Crippen molar-refractivity contribution in [3.63, 3.8) is 0 Å². The minimum Gasteiger partial charge on any atom is -0.477 e. The molecule has 14 heteroatoms. The van der Waals surface area contributed by atoms with Gasteiger partial charge in [0.05, 0.1) is 5.94 Å². The summed E-state index contributed by atoms with van der Waals surface area (Å²) < 4.78 is 4.95. The van der Waals surface area contributed by atoms with Crippen LogP contribution >= 0.6 is 34.9 Å². The summed E-state index contributed by atoms with van der Waals surface area (Å²) in [6.07, 6.45) is 0. The van der Waals surface area contributed by atoms with E-state index in [1.165, 1.54) is 36.0 Å². The third kappa shape index (κ3) is 3.67. The Hall–Kier alpha value is -2.29. The summed E-state index contributed by atoms with van der Waals surface area (Å²) in [4.78, 5) is 42.2. The zero-order valence-electron chi connectivity index (χ0n) is 14.3. The number of ether oxygens (including phenoxy) is 1. The summed E-state index contributed by atoms with van der Waals surface area (Å²) in [6, 6.07) is -0.950. The molecule has 1 aromatic heterocycles. The van der Waals surface area contributed by atoms with Crippen molar-refractivity contribution in [1.82, 2.24) is 15.2 Å². The van der Waals surface area contributed by atoms with Crippen LogP contribution in [0.4, 0.5) is 5.13 Å². The highest BCUT2D eigenvalue weighted by molar-refractivity contribution is 8.06. The molecule has 0 radical (unpaired) electrons. The molecule has 150 valence electrons. The number of methoxy groups -OCH3 is 1. The van der Waals surface area contributed by atoms with Crippen molar-refractivity contribution in [1.29, 1.82) is 0 Å². The first-order chi connectivity index (χ1) is 13.4. The van der Waals surface area contributed by atoms with Crippen LogP contribution in [0.5, 0.6) is 0 Å². The van der Waals surface area contributed by atoms with E-state index in [0.717, 1.165) is 16.2 Å². The van der Waals surface area contributed by atoms with Crippen LogP contribution in [0.1, 0.15) is 5.69 Å². The Bertz CT molecular complexity index is 885. The number of nitrogens with zero attached hydrogens (tertiary/aromatic N) is 3. The number of β-lactam (4-membered cyclic amide) rings is 1. The Balaban J connectivity index is 1.75. The van der Waals surface area contributed by atoms with E-state index in [0.29, 0.717) is 10.7 Å². The number of hydrogen-bond acceptors (Lipinski definition) is 11. The third-order valence-electron chi connectivity index (χ3n) is 3.85. The summed E-state index contributed by atoms with van der Waals surface area (Å²) in [6.45, 7) is 0. The van der Waals surface area contributed by atoms with E-state index in [9.17, 15) is 19.5 Å². The lowest BCUT2D eigenvalue weighted by molar-refractivity contribution is -0.150. The summed E-state index contributed by atoms with van der Waals surface area (Å²) in [7, 11) is 1.49. The summed E-state index contributed by atoms with van der Waals surface area (Å²) >= 11 is 3.59. The molecule has 0 unspecified atom stereocenters. The second-order valence-corrected chi connectivity index (χ2v) is 8.52. The summed E-state index contributed by atoms with van der Waals surface area (Å²) in [5.41, 5.74) is 5.10. The number of aliphatic carboxylic acids is 1. The number of carbonyl (C=O) groups excluding carboxylic acids is 2. The van der Waals surface area contributed by atoms with Crippen LogP contribution in [0.15, 0.2) is 21.1 Å². The van der Waals surface area contributed by atoms with Crippen LogP contribution in [-0.2, 0) is 19.1 Å². The SMILES string of the molecule is COCSC1=C(C(=O)O)N2C(=O)[C@@H](NC(=O)C(=NO)c3csc(N)n3)[C@H]2SC1. The number of aromatic nitrogens is 1. The van der Waals surface area contributed by atoms with Crippen molar-refractivity contribution in [2.75, 3.05) is 24.5 Å². The number of oxime groups is 1. The Kier molecular flexibility index (Phi) is 6.12. The highest BCUT2D eigenvalue weighted by atomic mass is 32.2. The topological polar surface area (TPSA) is 167 Å². The van der Waals surface area contributed by atoms with Gasteiger partial charge in [-0.3, -0.25) is 14.5 Å². The highest BCUT2D eigenvalue weighted by Gasteiger charge is 2.54. The van der Waals surface area contributed by atoms with Crippen molar-refractivity contribution < 1.29 is 29.4 Å². The zero-order chi connectivity index (χ0) is 20.4. The molecule has 1 aromatic rings. The first-order valence-corrected chi connectivity index (χ1v) is 10.6. The van der Waals surface area contributed by atoms with E-state index in [1.54, 1.807) is 0 Å². The van der Waals surface area contributed by atoms with E-state index < -0.39 is 29.2 Å². The fourth-order valence-corrected chi connectivity index (χ4v) is 5.51. The molecule has 11 nitrogen and oxygen atoms in total. The minimum atomic E-state index is -1.22. The molecule has 2 amide bonds. The van der Waals surface area contributed by atoms with Crippen LogP contribution < -0.4 is 11.1 Å². The number of hydrogen-bond donors (Lipinski definition) is 4. The lowest BCUT2D eigenvalue weighted by atomic mass is 10.0. The molecule has 1 fully saturated rings. The summed E-state index contributed by atoms with van der Waals surface area (Å²) in [5.74, 6) is -1.98. The molecule has 0 aliphatic carbocycles. The molecule has 2 aliphatic heterocycles. The van der Waals surface area contributed by atoms with Crippen molar-refractivity contribution in [2.45, 2.75) is 11.4 Å². The Morgan fingerprint density at radius 2 is 2.32 bits per heavy atom. The van der Waals surface area contributed by atoms with Crippen molar-refractivity contribution in [3.8, 4) is 0 Å². The molecule has 0 spiro atoms. The van der Waals surface area contributed by atoms with Crippen molar-refractivity contribution in [2.24, 2.45) is 5.16 Å². The van der Waals surface area contributed by atoms with Crippen molar-refractivity contribution >= 4 is 63.5 Å². The fraction of sp³-hybridized carbons (Fsp3) is 0.357. The molecule has 2 atom stereocenters. The number of thiazole rings is 1. The number of rotatable bonds is 7. The molecular formula is C14H15N5O6S3. The molecule has 0 bridgehead atoms. The van der Waals surface area contributed by atoms with Gasteiger partial charge in [0.15, 0.2) is 10.8 Å². The number of nitrogens with two attached hydrogens (primary N) is 1. The van der Waals surface area contributed by atoms with E-state index >= 15 is 0 Å². The maximum absolute atomic E-state index is 12.5. The molecule has 3 heterocycles. The molecule has 0 aromatic carbocycles. The van der Waals surface area contributed by atoms with Gasteiger partial charge in [0.1, 0.15) is 22.8 Å².